The fraction of sp³-hybridized carbons (Fsp3) is 0.263. The molecule has 1 atom stereocenters. The number of aromatic amines is 1. The molecule has 0 bridgehead atoms. The first-order valence-corrected chi connectivity index (χ1v) is 8.43. The summed E-state index contributed by atoms with van der Waals surface area (Å²) in [5, 5.41) is 14.2. The maximum absolute atomic E-state index is 13.2. The van der Waals surface area contributed by atoms with Gasteiger partial charge in [-0.2, -0.15) is 5.10 Å². The minimum atomic E-state index is -0.842. The number of amides is 1. The van der Waals surface area contributed by atoms with Gasteiger partial charge in [-0.1, -0.05) is 0 Å². The fourth-order valence-electron chi connectivity index (χ4n) is 3.29. The molecule has 1 aliphatic rings. The van der Waals surface area contributed by atoms with Crippen molar-refractivity contribution in [1.82, 2.24) is 15.5 Å². The number of fused-ring (bicyclic) bond motifs is 1. The molecule has 2 aromatic carbocycles. The molecule has 1 saturated heterocycles. The Morgan fingerprint density at radius 2 is 1.96 bits per heavy atom. The molecule has 3 aromatic rings. The van der Waals surface area contributed by atoms with E-state index >= 15 is 0 Å². The molecule has 0 saturated carbocycles. The molecule has 0 aliphatic carbocycles. The number of methoxy groups -OCH3 is 1. The predicted molar refractivity (Wildman–Crippen MR) is 112 cm³/mol. The Balaban J connectivity index is 0.00000140. The Labute approximate surface area is 174 Å². The summed E-state index contributed by atoms with van der Waals surface area (Å²) in [6.45, 7) is 1.24. The van der Waals surface area contributed by atoms with Crippen LogP contribution in [0.15, 0.2) is 42.5 Å². The molecule has 1 amide bonds. The molecule has 150 valence electrons. The van der Waals surface area contributed by atoms with Crippen LogP contribution in [0.4, 0.5) is 10.1 Å². The van der Waals surface area contributed by atoms with E-state index in [1.54, 1.807) is 19.2 Å². The summed E-state index contributed by atoms with van der Waals surface area (Å²) >= 11 is 0. The van der Waals surface area contributed by atoms with Crippen LogP contribution in [0, 0.1) is 5.82 Å². The number of carbonyl (C=O) groups excluding carboxylic acids is 1. The lowest BCUT2D eigenvalue weighted by molar-refractivity contribution is -0.135. The van der Waals surface area contributed by atoms with Crippen molar-refractivity contribution >= 4 is 47.3 Å². The Kier molecular flexibility index (Phi) is 7.01. The van der Waals surface area contributed by atoms with Crippen LogP contribution < -0.4 is 10.6 Å². The van der Waals surface area contributed by atoms with Crippen molar-refractivity contribution < 1.29 is 13.9 Å². The van der Waals surface area contributed by atoms with Crippen molar-refractivity contribution in [1.29, 1.82) is 0 Å². The molecule has 2 heterocycles. The van der Waals surface area contributed by atoms with Gasteiger partial charge in [-0.05, 0) is 55.4 Å². The molecular weight excluding hydrogens is 406 g/mol. The van der Waals surface area contributed by atoms with Gasteiger partial charge in [0.05, 0.1) is 11.2 Å². The van der Waals surface area contributed by atoms with Gasteiger partial charge in [-0.25, -0.2) is 4.39 Å². The van der Waals surface area contributed by atoms with Gasteiger partial charge in [0.1, 0.15) is 5.82 Å². The van der Waals surface area contributed by atoms with E-state index in [0.717, 1.165) is 23.0 Å². The first kappa shape index (κ1) is 22.1. The molecule has 1 fully saturated rings. The lowest BCUT2D eigenvalue weighted by atomic mass is 10.0. The van der Waals surface area contributed by atoms with Crippen molar-refractivity contribution in [2.75, 3.05) is 25.5 Å². The smallest absolute Gasteiger partial charge is 0.257 e. The van der Waals surface area contributed by atoms with Gasteiger partial charge >= 0.3 is 0 Å². The van der Waals surface area contributed by atoms with E-state index in [0.29, 0.717) is 24.3 Å². The zero-order valence-electron chi connectivity index (χ0n) is 15.1. The summed E-state index contributed by atoms with van der Waals surface area (Å²) in [4.78, 5) is 12.7. The summed E-state index contributed by atoms with van der Waals surface area (Å²) in [5.41, 5.74) is 2.17. The van der Waals surface area contributed by atoms with E-state index in [4.69, 9.17) is 4.74 Å². The lowest BCUT2D eigenvalue weighted by Gasteiger charge is -2.25. The van der Waals surface area contributed by atoms with Crippen LogP contribution >= 0.6 is 24.8 Å². The number of hydrogen-bond acceptors (Lipinski definition) is 4. The second-order valence-corrected chi connectivity index (χ2v) is 6.42. The quantitative estimate of drug-likeness (QED) is 0.596. The maximum Gasteiger partial charge on any atom is 0.257 e. The predicted octanol–water partition coefficient (Wildman–Crippen LogP) is 3.53. The number of H-pyrrole nitrogens is 1. The minimum Gasteiger partial charge on any atom is -0.367 e. The second kappa shape index (κ2) is 8.87. The molecule has 4 rings (SSSR count). The summed E-state index contributed by atoms with van der Waals surface area (Å²) in [5.74, 6) is -0.465. The van der Waals surface area contributed by atoms with Gasteiger partial charge in [0.25, 0.3) is 5.91 Å². The van der Waals surface area contributed by atoms with E-state index in [1.807, 2.05) is 18.2 Å². The van der Waals surface area contributed by atoms with Crippen molar-refractivity contribution in [3.8, 4) is 11.3 Å². The van der Waals surface area contributed by atoms with Crippen LogP contribution in [0.1, 0.15) is 6.42 Å². The SMILES string of the molecule is COC1(C(=O)Nc2ccc3[nH]nc(-c4ccc(F)cc4)c3c2)CCNC1.Cl.Cl. The number of hydrogen-bond donors (Lipinski definition) is 3. The number of anilines is 1. The topological polar surface area (TPSA) is 79.0 Å². The molecule has 3 N–H and O–H groups in total. The summed E-state index contributed by atoms with van der Waals surface area (Å²) < 4.78 is 18.7. The Morgan fingerprint density at radius 1 is 1.21 bits per heavy atom. The fourth-order valence-corrected chi connectivity index (χ4v) is 3.29. The molecule has 1 aliphatic heterocycles. The highest BCUT2D eigenvalue weighted by molar-refractivity contribution is 6.01. The third kappa shape index (κ3) is 3.98. The highest BCUT2D eigenvalue weighted by atomic mass is 35.5. The third-order valence-corrected chi connectivity index (χ3v) is 4.86. The van der Waals surface area contributed by atoms with E-state index in [2.05, 4.69) is 20.8 Å². The van der Waals surface area contributed by atoms with Crippen LogP contribution in [0.2, 0.25) is 0 Å². The Hall–Kier alpha value is -2.19. The normalized spacial score (nSPS) is 18.4. The van der Waals surface area contributed by atoms with Gasteiger partial charge in [-0.3, -0.25) is 9.89 Å². The molecule has 0 radical (unpaired) electrons. The zero-order chi connectivity index (χ0) is 18.1. The average molecular weight is 427 g/mol. The van der Waals surface area contributed by atoms with E-state index in [-0.39, 0.29) is 36.5 Å². The number of rotatable bonds is 4. The number of ether oxygens (including phenoxy) is 1. The molecule has 1 aromatic heterocycles. The van der Waals surface area contributed by atoms with Gasteiger partial charge in [0.15, 0.2) is 5.60 Å². The van der Waals surface area contributed by atoms with Crippen LogP contribution in [-0.4, -0.2) is 41.9 Å². The average Bonchev–Trinajstić information content (AvgIpc) is 3.30. The summed E-state index contributed by atoms with van der Waals surface area (Å²) in [6.07, 6.45) is 0.629. The largest absolute Gasteiger partial charge is 0.367 e. The first-order chi connectivity index (χ1) is 12.6. The molecule has 1 unspecified atom stereocenters. The second-order valence-electron chi connectivity index (χ2n) is 6.42. The van der Waals surface area contributed by atoms with Crippen LogP contribution in [0.5, 0.6) is 0 Å². The Bertz CT molecular complexity index is 956. The summed E-state index contributed by atoms with van der Waals surface area (Å²) in [7, 11) is 1.55. The number of aromatic nitrogens is 2. The van der Waals surface area contributed by atoms with E-state index in [9.17, 15) is 9.18 Å². The van der Waals surface area contributed by atoms with Crippen LogP contribution in [0.25, 0.3) is 22.2 Å². The zero-order valence-corrected chi connectivity index (χ0v) is 16.8. The highest BCUT2D eigenvalue weighted by Crippen LogP contribution is 2.29. The van der Waals surface area contributed by atoms with E-state index in [1.165, 1.54) is 12.1 Å². The third-order valence-electron chi connectivity index (χ3n) is 4.86. The maximum atomic E-state index is 13.2. The number of carbonyl (C=O) groups is 1. The number of nitrogens with one attached hydrogen (secondary N) is 3. The van der Waals surface area contributed by atoms with Crippen LogP contribution in [-0.2, 0) is 9.53 Å². The molecule has 9 heteroatoms. The van der Waals surface area contributed by atoms with Crippen molar-refractivity contribution in [2.45, 2.75) is 12.0 Å². The first-order valence-electron chi connectivity index (χ1n) is 8.43. The number of benzene rings is 2. The van der Waals surface area contributed by atoms with Gasteiger partial charge in [0.2, 0.25) is 0 Å². The summed E-state index contributed by atoms with van der Waals surface area (Å²) in [6, 6.07) is 11.7. The Morgan fingerprint density at radius 3 is 2.61 bits per heavy atom. The minimum absolute atomic E-state index is 0. The van der Waals surface area contributed by atoms with Crippen molar-refractivity contribution in [3.63, 3.8) is 0 Å². The monoisotopic (exact) mass is 426 g/mol. The van der Waals surface area contributed by atoms with Gasteiger partial charge in [0, 0.05) is 30.3 Å². The van der Waals surface area contributed by atoms with Crippen LogP contribution in [0.3, 0.4) is 0 Å². The van der Waals surface area contributed by atoms with Crippen molar-refractivity contribution in [2.24, 2.45) is 0 Å². The molecule has 6 nitrogen and oxygen atoms in total. The standard InChI is InChI=1S/C19H19FN4O2.2ClH/c1-26-19(8-9-21-11-19)18(25)22-14-6-7-16-15(10-14)17(24-23-16)12-2-4-13(20)5-3-12;;/h2-7,10,21H,8-9,11H2,1H3,(H,22,25)(H,23,24);2*1H. The number of nitrogens with zero attached hydrogens (tertiary/aromatic N) is 1. The molecule has 28 heavy (non-hydrogen) atoms. The van der Waals surface area contributed by atoms with Crippen molar-refractivity contribution in [3.05, 3.63) is 48.3 Å². The van der Waals surface area contributed by atoms with Gasteiger partial charge in [-0.15, -0.1) is 24.8 Å². The lowest BCUT2D eigenvalue weighted by Crippen LogP contribution is -2.46. The number of halogens is 3. The molecular formula is C19H21Cl2FN4O2. The molecule has 0 spiro atoms. The van der Waals surface area contributed by atoms with E-state index < -0.39 is 5.60 Å². The highest BCUT2D eigenvalue weighted by Gasteiger charge is 2.41. The van der Waals surface area contributed by atoms with Gasteiger partial charge < -0.3 is 15.4 Å².